The first-order valence-electron chi connectivity index (χ1n) is 6.36. The summed E-state index contributed by atoms with van der Waals surface area (Å²) in [6.45, 7) is 0. The number of sulfonamides is 1. The van der Waals surface area contributed by atoms with E-state index in [1.807, 2.05) is 0 Å². The van der Waals surface area contributed by atoms with Crippen LogP contribution in [0.25, 0.3) is 0 Å². The van der Waals surface area contributed by atoms with Crippen molar-refractivity contribution in [3.8, 4) is 11.5 Å². The number of rotatable bonds is 5. The number of anilines is 1. The molecule has 0 aliphatic rings. The van der Waals surface area contributed by atoms with Gasteiger partial charge in [-0.3, -0.25) is 4.31 Å². The first-order valence-corrected chi connectivity index (χ1v) is 7.80. The molecule has 0 heterocycles. The van der Waals surface area contributed by atoms with E-state index in [1.54, 1.807) is 18.2 Å². The maximum Gasteiger partial charge on any atom is 0.264 e. The van der Waals surface area contributed by atoms with Crippen molar-refractivity contribution in [3.63, 3.8) is 0 Å². The number of halogens is 1. The zero-order chi connectivity index (χ0) is 16.3. The summed E-state index contributed by atoms with van der Waals surface area (Å²) in [5, 5.41) is 0. The van der Waals surface area contributed by atoms with E-state index >= 15 is 0 Å². The smallest absolute Gasteiger partial charge is 0.264 e. The van der Waals surface area contributed by atoms with Crippen LogP contribution in [0.3, 0.4) is 0 Å². The predicted octanol–water partition coefficient (Wildman–Crippen LogP) is 2.67. The van der Waals surface area contributed by atoms with E-state index in [0.29, 0.717) is 17.2 Å². The van der Waals surface area contributed by atoms with Gasteiger partial charge in [-0.05, 0) is 36.4 Å². The molecule has 0 spiro atoms. The molecule has 118 valence electrons. The third-order valence-electron chi connectivity index (χ3n) is 3.20. The van der Waals surface area contributed by atoms with Gasteiger partial charge in [-0.2, -0.15) is 0 Å². The molecule has 0 amide bonds. The van der Waals surface area contributed by atoms with Gasteiger partial charge in [0.25, 0.3) is 10.0 Å². The monoisotopic (exact) mass is 325 g/mol. The molecule has 0 fully saturated rings. The van der Waals surface area contributed by atoms with E-state index in [0.717, 1.165) is 16.4 Å². The van der Waals surface area contributed by atoms with Crippen LogP contribution in [0, 0.1) is 5.82 Å². The van der Waals surface area contributed by atoms with Crippen LogP contribution in [-0.4, -0.2) is 29.7 Å². The van der Waals surface area contributed by atoms with Crippen molar-refractivity contribution in [2.45, 2.75) is 4.90 Å². The highest BCUT2D eigenvalue weighted by atomic mass is 32.2. The Balaban J connectivity index is 2.50. The second-order valence-corrected chi connectivity index (χ2v) is 6.43. The van der Waals surface area contributed by atoms with Gasteiger partial charge in [0, 0.05) is 13.1 Å². The van der Waals surface area contributed by atoms with E-state index in [4.69, 9.17) is 9.47 Å². The zero-order valence-electron chi connectivity index (χ0n) is 12.4. The average Bonchev–Trinajstić information content (AvgIpc) is 2.53. The zero-order valence-corrected chi connectivity index (χ0v) is 13.2. The fraction of sp³-hybridized carbons (Fsp3) is 0.200. The Hall–Kier alpha value is -2.28. The van der Waals surface area contributed by atoms with E-state index < -0.39 is 15.8 Å². The fourth-order valence-corrected chi connectivity index (χ4v) is 3.13. The molecule has 5 nitrogen and oxygen atoms in total. The molecule has 2 aromatic rings. The summed E-state index contributed by atoms with van der Waals surface area (Å²) in [5.74, 6) is 0.381. The van der Waals surface area contributed by atoms with Gasteiger partial charge in [0.2, 0.25) is 0 Å². The summed E-state index contributed by atoms with van der Waals surface area (Å²) in [6, 6.07) is 9.47. The van der Waals surface area contributed by atoms with E-state index in [9.17, 15) is 12.8 Å². The summed E-state index contributed by atoms with van der Waals surface area (Å²) in [5.41, 5.74) is 0.325. The molecular formula is C15H16FNO4S. The number of hydrogen-bond donors (Lipinski definition) is 0. The van der Waals surface area contributed by atoms with Crippen LogP contribution in [0.15, 0.2) is 47.4 Å². The third kappa shape index (κ3) is 2.99. The van der Waals surface area contributed by atoms with Crippen LogP contribution >= 0.6 is 0 Å². The Labute approximate surface area is 128 Å². The summed E-state index contributed by atoms with van der Waals surface area (Å²) < 4.78 is 49.6. The van der Waals surface area contributed by atoms with Gasteiger partial charge in [-0.15, -0.1) is 0 Å². The fourth-order valence-electron chi connectivity index (χ4n) is 1.94. The van der Waals surface area contributed by atoms with Gasteiger partial charge in [0.15, 0.2) is 0 Å². The van der Waals surface area contributed by atoms with Crippen LogP contribution in [0.1, 0.15) is 0 Å². The highest BCUT2D eigenvalue weighted by Crippen LogP contribution is 2.34. The normalized spacial score (nSPS) is 11.1. The van der Waals surface area contributed by atoms with Gasteiger partial charge in [-0.25, -0.2) is 12.8 Å². The van der Waals surface area contributed by atoms with E-state index in [2.05, 4.69) is 0 Å². The minimum absolute atomic E-state index is 0.0127. The molecule has 7 heteroatoms. The standard InChI is InChI=1S/C15H16FNO4S/c1-17(14-10-12(20-2)6-9-15(14)21-3)22(18,19)13-7-4-11(16)5-8-13/h4-10H,1-3H3. The van der Waals surface area contributed by atoms with Gasteiger partial charge >= 0.3 is 0 Å². The van der Waals surface area contributed by atoms with Crippen molar-refractivity contribution >= 4 is 15.7 Å². The number of methoxy groups -OCH3 is 2. The Morgan fingerprint density at radius 1 is 1.00 bits per heavy atom. The quantitative estimate of drug-likeness (QED) is 0.848. The summed E-state index contributed by atoms with van der Waals surface area (Å²) in [7, 11) is 0.498. The molecule has 2 rings (SSSR count). The Kier molecular flexibility index (Phi) is 4.56. The van der Waals surface area contributed by atoms with Gasteiger partial charge < -0.3 is 9.47 Å². The number of ether oxygens (including phenoxy) is 2. The number of hydrogen-bond acceptors (Lipinski definition) is 4. The molecule has 0 atom stereocenters. The molecule has 0 unspecified atom stereocenters. The topological polar surface area (TPSA) is 55.8 Å². The molecule has 0 N–H and O–H groups in total. The molecule has 0 radical (unpaired) electrons. The maximum atomic E-state index is 13.0. The number of benzene rings is 2. The summed E-state index contributed by atoms with van der Waals surface area (Å²) >= 11 is 0. The van der Waals surface area contributed by atoms with Crippen LogP contribution in [0.2, 0.25) is 0 Å². The van der Waals surface area contributed by atoms with E-state index in [-0.39, 0.29) is 4.90 Å². The Morgan fingerprint density at radius 3 is 2.18 bits per heavy atom. The lowest BCUT2D eigenvalue weighted by Crippen LogP contribution is -2.27. The molecule has 0 saturated heterocycles. The van der Waals surface area contributed by atoms with Crippen molar-refractivity contribution in [3.05, 3.63) is 48.3 Å². The second-order valence-electron chi connectivity index (χ2n) is 4.46. The minimum Gasteiger partial charge on any atom is -0.497 e. The van der Waals surface area contributed by atoms with Gasteiger partial charge in [-0.1, -0.05) is 0 Å². The maximum absolute atomic E-state index is 13.0. The minimum atomic E-state index is -3.84. The van der Waals surface area contributed by atoms with Crippen molar-refractivity contribution in [2.24, 2.45) is 0 Å². The van der Waals surface area contributed by atoms with Crippen LogP contribution in [-0.2, 0) is 10.0 Å². The lowest BCUT2D eigenvalue weighted by Gasteiger charge is -2.22. The third-order valence-corrected chi connectivity index (χ3v) is 4.98. The molecule has 0 aliphatic heterocycles. The highest BCUT2D eigenvalue weighted by molar-refractivity contribution is 7.92. The largest absolute Gasteiger partial charge is 0.497 e. The molecule has 0 bridgehead atoms. The summed E-state index contributed by atoms with van der Waals surface area (Å²) in [4.78, 5) is -0.0127. The van der Waals surface area contributed by atoms with Crippen molar-refractivity contribution in [1.29, 1.82) is 0 Å². The average molecular weight is 325 g/mol. The van der Waals surface area contributed by atoms with Crippen LogP contribution < -0.4 is 13.8 Å². The first kappa shape index (κ1) is 16.1. The predicted molar refractivity (Wildman–Crippen MR) is 81.5 cm³/mol. The summed E-state index contributed by atoms with van der Waals surface area (Å²) in [6.07, 6.45) is 0. The van der Waals surface area contributed by atoms with Crippen molar-refractivity contribution in [2.75, 3.05) is 25.6 Å². The number of nitrogens with zero attached hydrogens (tertiary/aromatic N) is 1. The highest BCUT2D eigenvalue weighted by Gasteiger charge is 2.24. The molecular weight excluding hydrogens is 309 g/mol. The van der Waals surface area contributed by atoms with Gasteiger partial charge in [0.05, 0.1) is 24.8 Å². The van der Waals surface area contributed by atoms with Crippen molar-refractivity contribution in [1.82, 2.24) is 0 Å². The van der Waals surface area contributed by atoms with Crippen LogP contribution in [0.5, 0.6) is 11.5 Å². The molecule has 0 aromatic heterocycles. The van der Waals surface area contributed by atoms with Gasteiger partial charge in [0.1, 0.15) is 17.3 Å². The van der Waals surface area contributed by atoms with Crippen LogP contribution in [0.4, 0.5) is 10.1 Å². The molecule has 22 heavy (non-hydrogen) atoms. The second kappa shape index (κ2) is 6.23. The molecule has 0 saturated carbocycles. The SMILES string of the molecule is COc1ccc(OC)c(N(C)S(=O)(=O)c2ccc(F)cc2)c1. The van der Waals surface area contributed by atoms with Crippen molar-refractivity contribution < 1.29 is 22.3 Å². The first-order chi connectivity index (χ1) is 10.4. The molecule has 2 aromatic carbocycles. The van der Waals surface area contributed by atoms with E-state index in [1.165, 1.54) is 33.4 Å². The molecule has 0 aliphatic carbocycles. The Bertz CT molecular complexity index is 760. The lowest BCUT2D eigenvalue weighted by molar-refractivity contribution is 0.404. The lowest BCUT2D eigenvalue weighted by atomic mass is 10.3. The Morgan fingerprint density at radius 2 is 1.64 bits per heavy atom.